The van der Waals surface area contributed by atoms with Crippen LogP contribution in [0.1, 0.15) is 53.4 Å². The molecule has 0 bridgehead atoms. The second-order valence-corrected chi connectivity index (χ2v) is 14.2. The summed E-state index contributed by atoms with van der Waals surface area (Å²) in [6.07, 6.45) is -1.54. The number of carbonyl (C=O) groups excluding carboxylic acids is 4. The summed E-state index contributed by atoms with van der Waals surface area (Å²) >= 11 is 0.903. The van der Waals surface area contributed by atoms with Crippen molar-refractivity contribution in [3.8, 4) is 0 Å². The summed E-state index contributed by atoms with van der Waals surface area (Å²) in [5.41, 5.74) is -5.24. The topological polar surface area (TPSA) is 148 Å². The number of amides is 4. The largest absolute Gasteiger partial charge is 0.399 e. The highest BCUT2D eigenvalue weighted by Crippen LogP contribution is 2.59. The Kier molecular flexibility index (Phi) is 9.52. The highest BCUT2D eigenvalue weighted by atomic mass is 32.1. The number of carbonyl (C=O) groups is 4. The van der Waals surface area contributed by atoms with Crippen molar-refractivity contribution < 1.29 is 51.1 Å². The van der Waals surface area contributed by atoms with Gasteiger partial charge in [0, 0.05) is 54.6 Å². The molecule has 2 aliphatic heterocycles. The predicted molar refractivity (Wildman–Crippen MR) is 164 cm³/mol. The first-order chi connectivity index (χ1) is 22.0. The smallest absolute Gasteiger partial charge is 0.340 e. The Morgan fingerprint density at radius 1 is 1.06 bits per heavy atom. The first kappa shape index (κ1) is 34.5. The summed E-state index contributed by atoms with van der Waals surface area (Å²) in [5, 5.41) is 2.76. The molecule has 2 fully saturated rings. The van der Waals surface area contributed by atoms with E-state index in [-0.39, 0.29) is 34.8 Å². The molecular weight excluding hydrogens is 667 g/mol. The third kappa shape index (κ3) is 6.77. The van der Waals surface area contributed by atoms with E-state index in [0.29, 0.717) is 29.6 Å². The Labute approximate surface area is 270 Å². The lowest BCUT2D eigenvalue weighted by atomic mass is 10.1. The Morgan fingerprint density at radius 2 is 1.74 bits per heavy atom. The van der Waals surface area contributed by atoms with Gasteiger partial charge >= 0.3 is 13.3 Å². The fourth-order valence-corrected chi connectivity index (χ4v) is 7.37. The van der Waals surface area contributed by atoms with Crippen LogP contribution in [0.25, 0.3) is 10.1 Å². The van der Waals surface area contributed by atoms with Crippen molar-refractivity contribution in [2.45, 2.75) is 56.4 Å². The lowest BCUT2D eigenvalue weighted by molar-refractivity contribution is -0.144. The zero-order valence-electron chi connectivity index (χ0n) is 25.1. The number of likely N-dealkylation sites (N-methyl/N-ethyl adjacent to an activating group) is 1. The average Bonchev–Trinajstić information content (AvgIpc) is 3.64. The molecule has 3 atom stereocenters. The molecule has 0 saturated carbocycles. The molecule has 0 spiro atoms. The summed E-state index contributed by atoms with van der Waals surface area (Å²) < 4.78 is 66.4. The number of rotatable bonds is 7. The summed E-state index contributed by atoms with van der Waals surface area (Å²) in [6, 6.07) is 6.76. The molecule has 11 nitrogen and oxygen atoms in total. The first-order valence-corrected chi connectivity index (χ1v) is 16.9. The van der Waals surface area contributed by atoms with Crippen LogP contribution in [-0.4, -0.2) is 81.5 Å². The molecule has 3 aromatic rings. The monoisotopic (exact) mass is 698 g/mol. The van der Waals surface area contributed by atoms with Crippen molar-refractivity contribution in [3.05, 3.63) is 64.5 Å². The SMILES string of the molecule is CC(=O)N1CC[C@H]2CC[C@@H](C(=O)N(C)c3ccc(C(F)F)cc3)N2C(=O)[C@@H](NC(=O)c2cc3cc(C(F)(F)P(=O)(O)O)ccc3s2)C1. The van der Waals surface area contributed by atoms with Gasteiger partial charge in [-0.2, -0.15) is 8.78 Å². The molecule has 3 N–H and O–H groups in total. The lowest BCUT2D eigenvalue weighted by Gasteiger charge is -2.39. The van der Waals surface area contributed by atoms with Crippen molar-refractivity contribution in [3.63, 3.8) is 0 Å². The van der Waals surface area contributed by atoms with Gasteiger partial charge in [-0.3, -0.25) is 23.7 Å². The maximum Gasteiger partial charge on any atom is 0.399 e. The average molecular weight is 699 g/mol. The number of fused-ring (bicyclic) bond motifs is 2. The Balaban J connectivity index is 1.40. The highest BCUT2D eigenvalue weighted by molar-refractivity contribution is 7.52. The van der Waals surface area contributed by atoms with Crippen LogP contribution in [0.3, 0.4) is 0 Å². The second kappa shape index (κ2) is 13.0. The van der Waals surface area contributed by atoms with Crippen LogP contribution >= 0.6 is 18.9 Å². The van der Waals surface area contributed by atoms with Gasteiger partial charge in [0.2, 0.25) is 17.7 Å². The number of thiophene rings is 1. The van der Waals surface area contributed by atoms with E-state index in [1.165, 1.54) is 65.1 Å². The van der Waals surface area contributed by atoms with Crippen LogP contribution < -0.4 is 10.2 Å². The maximum atomic E-state index is 14.3. The van der Waals surface area contributed by atoms with E-state index in [9.17, 15) is 41.3 Å². The molecule has 0 aliphatic carbocycles. The fourth-order valence-electron chi connectivity index (χ4n) is 5.94. The molecule has 5 rings (SSSR count). The predicted octanol–water partition coefficient (Wildman–Crippen LogP) is 4.44. The number of hydrogen-bond acceptors (Lipinski definition) is 6. The van der Waals surface area contributed by atoms with E-state index in [2.05, 4.69) is 5.32 Å². The van der Waals surface area contributed by atoms with Crippen molar-refractivity contribution in [1.29, 1.82) is 0 Å². The second-order valence-electron chi connectivity index (χ2n) is 11.5. The molecule has 4 amide bonds. The van der Waals surface area contributed by atoms with E-state index < -0.39 is 61.1 Å². The van der Waals surface area contributed by atoms with Gasteiger partial charge in [0.15, 0.2) is 0 Å². The van der Waals surface area contributed by atoms with Gasteiger partial charge in [-0.1, -0.05) is 18.2 Å². The molecule has 0 radical (unpaired) electrons. The van der Waals surface area contributed by atoms with Crippen LogP contribution in [0.15, 0.2) is 48.5 Å². The Bertz CT molecular complexity index is 1770. The van der Waals surface area contributed by atoms with Crippen LogP contribution in [-0.2, 0) is 24.6 Å². The third-order valence-electron chi connectivity index (χ3n) is 8.54. The van der Waals surface area contributed by atoms with Crippen LogP contribution in [0, 0.1) is 0 Å². The van der Waals surface area contributed by atoms with Crippen LogP contribution in [0.2, 0.25) is 0 Å². The minimum Gasteiger partial charge on any atom is -0.340 e. The van der Waals surface area contributed by atoms with Gasteiger partial charge in [0.25, 0.3) is 12.3 Å². The minimum absolute atomic E-state index is 0.0125. The van der Waals surface area contributed by atoms with Crippen molar-refractivity contribution >= 4 is 58.3 Å². The number of benzene rings is 2. The number of anilines is 1. The number of hydrogen-bond donors (Lipinski definition) is 3. The molecule has 2 aliphatic rings. The van der Waals surface area contributed by atoms with E-state index in [1.807, 2.05) is 0 Å². The zero-order chi connectivity index (χ0) is 34.4. The van der Waals surface area contributed by atoms with E-state index in [4.69, 9.17) is 9.79 Å². The van der Waals surface area contributed by atoms with Gasteiger partial charge in [0.05, 0.1) is 4.88 Å². The van der Waals surface area contributed by atoms with Gasteiger partial charge in [-0.15, -0.1) is 11.3 Å². The van der Waals surface area contributed by atoms with E-state index >= 15 is 0 Å². The summed E-state index contributed by atoms with van der Waals surface area (Å²) in [7, 11) is -4.35. The Hall–Kier alpha value is -3.85. The maximum absolute atomic E-state index is 14.3. The molecule has 2 aromatic carbocycles. The summed E-state index contributed by atoms with van der Waals surface area (Å²) in [6.45, 7) is 1.38. The highest BCUT2D eigenvalue weighted by Gasteiger charge is 2.50. The van der Waals surface area contributed by atoms with E-state index in [0.717, 1.165) is 23.5 Å². The van der Waals surface area contributed by atoms with Crippen LogP contribution in [0.5, 0.6) is 0 Å². The van der Waals surface area contributed by atoms with Crippen molar-refractivity contribution in [2.75, 3.05) is 25.0 Å². The summed E-state index contributed by atoms with van der Waals surface area (Å²) in [4.78, 5) is 76.0. The quantitative estimate of drug-likeness (QED) is 0.244. The molecule has 17 heteroatoms. The normalized spacial score (nSPS) is 20.6. The first-order valence-electron chi connectivity index (χ1n) is 14.5. The van der Waals surface area contributed by atoms with Crippen LogP contribution in [0.4, 0.5) is 23.2 Å². The van der Waals surface area contributed by atoms with Gasteiger partial charge in [0.1, 0.15) is 12.1 Å². The molecule has 252 valence electrons. The molecular formula is C30H31F4N4O7PS. The lowest BCUT2D eigenvalue weighted by Crippen LogP contribution is -2.61. The Morgan fingerprint density at radius 3 is 2.36 bits per heavy atom. The number of alkyl halides is 4. The fraction of sp³-hybridized carbons (Fsp3) is 0.400. The minimum atomic E-state index is -5.82. The number of nitrogens with zero attached hydrogens (tertiary/aromatic N) is 3. The van der Waals surface area contributed by atoms with Crippen molar-refractivity contribution in [1.82, 2.24) is 15.1 Å². The standard InChI is InChI=1S/C30H31F4N4O7PS/c1-16(39)37-12-11-21-8-9-23(29(42)36(2)20-6-3-17(4-7-20)26(31)32)38(21)28(41)22(15-37)35-27(40)25-14-18-13-19(5-10-24(18)47-25)30(33,34)46(43,44)45/h3-7,10,13-14,21-23,26H,8-9,11-12,15H2,1-2H3,(H,35,40)(H2,43,44,45)/t21-,22+,23+/m1/s1. The molecule has 3 heterocycles. The zero-order valence-corrected chi connectivity index (χ0v) is 26.8. The third-order valence-corrected chi connectivity index (χ3v) is 10.6. The van der Waals surface area contributed by atoms with E-state index in [1.54, 1.807) is 0 Å². The summed E-state index contributed by atoms with van der Waals surface area (Å²) in [5.74, 6) is -2.14. The van der Waals surface area contributed by atoms with Gasteiger partial charge in [-0.05, 0) is 55.0 Å². The number of nitrogens with one attached hydrogen (secondary N) is 1. The van der Waals surface area contributed by atoms with Crippen molar-refractivity contribution in [2.24, 2.45) is 0 Å². The number of halogens is 4. The molecule has 2 saturated heterocycles. The molecule has 1 aromatic heterocycles. The van der Waals surface area contributed by atoms with Gasteiger partial charge < -0.3 is 29.8 Å². The van der Waals surface area contributed by atoms with Gasteiger partial charge in [-0.25, -0.2) is 8.78 Å². The molecule has 0 unspecified atom stereocenters. The molecule has 47 heavy (non-hydrogen) atoms.